The zero-order valence-electron chi connectivity index (χ0n) is 9.68. The largest absolute Gasteiger partial charge is 0.372 e. The van der Waals surface area contributed by atoms with Crippen molar-refractivity contribution in [2.45, 2.75) is 19.8 Å². The van der Waals surface area contributed by atoms with Crippen LogP contribution >= 0.6 is 0 Å². The monoisotopic (exact) mass is 230 g/mol. The van der Waals surface area contributed by atoms with E-state index in [0.717, 1.165) is 19.0 Å². The van der Waals surface area contributed by atoms with Crippen molar-refractivity contribution in [1.82, 2.24) is 15.0 Å². The van der Waals surface area contributed by atoms with Gasteiger partial charge in [0.15, 0.2) is 5.82 Å². The van der Waals surface area contributed by atoms with Crippen LogP contribution in [0.1, 0.15) is 16.7 Å². The lowest BCUT2D eigenvalue weighted by Gasteiger charge is -2.07. The quantitative estimate of drug-likeness (QED) is 0.867. The van der Waals surface area contributed by atoms with E-state index in [1.54, 1.807) is 4.68 Å². The van der Waals surface area contributed by atoms with Gasteiger partial charge in [0.05, 0.1) is 19.4 Å². The van der Waals surface area contributed by atoms with Crippen LogP contribution in [0, 0.1) is 0 Å². The maximum Gasteiger partial charge on any atom is 0.168 e. The van der Waals surface area contributed by atoms with Gasteiger partial charge >= 0.3 is 0 Å². The van der Waals surface area contributed by atoms with E-state index in [9.17, 15) is 0 Å². The number of hydrogen-bond donors (Lipinski definition) is 1. The second-order valence-corrected chi connectivity index (χ2v) is 4.18. The molecule has 0 atom stereocenters. The van der Waals surface area contributed by atoms with Gasteiger partial charge in [-0.05, 0) is 16.7 Å². The first-order chi connectivity index (χ1) is 8.33. The maximum absolute atomic E-state index is 5.45. The van der Waals surface area contributed by atoms with Crippen LogP contribution in [-0.4, -0.2) is 15.0 Å². The van der Waals surface area contributed by atoms with Gasteiger partial charge in [0.1, 0.15) is 0 Å². The summed E-state index contributed by atoms with van der Waals surface area (Å²) in [5.41, 5.74) is 3.87. The van der Waals surface area contributed by atoms with E-state index in [1.165, 1.54) is 16.7 Å². The second kappa shape index (κ2) is 4.18. The molecule has 1 aliphatic rings. The number of ether oxygens (including phenoxy) is 1. The highest BCUT2D eigenvalue weighted by Gasteiger charge is 2.14. The van der Waals surface area contributed by atoms with E-state index in [1.807, 2.05) is 13.2 Å². The number of fused-ring (bicyclic) bond motifs is 1. The number of benzene rings is 1. The molecule has 2 aromatic rings. The smallest absolute Gasteiger partial charge is 0.168 e. The SMILES string of the molecule is Cn1cc(NCc2cccc3c2COC3)nn1. The van der Waals surface area contributed by atoms with Crippen LogP contribution < -0.4 is 5.32 Å². The Hall–Kier alpha value is -1.88. The minimum atomic E-state index is 0.716. The predicted octanol–water partition coefficient (Wildman–Crippen LogP) is 1.46. The Bertz CT molecular complexity index is 535. The summed E-state index contributed by atoms with van der Waals surface area (Å²) in [6.45, 7) is 2.20. The van der Waals surface area contributed by atoms with Crippen molar-refractivity contribution in [3.8, 4) is 0 Å². The van der Waals surface area contributed by atoms with Crippen LogP contribution in [0.4, 0.5) is 5.82 Å². The van der Waals surface area contributed by atoms with Gasteiger partial charge in [-0.15, -0.1) is 5.10 Å². The molecule has 0 unspecified atom stereocenters. The number of anilines is 1. The third kappa shape index (κ3) is 2.01. The molecule has 1 aromatic carbocycles. The fourth-order valence-corrected chi connectivity index (χ4v) is 2.05. The Morgan fingerprint density at radius 3 is 3.18 bits per heavy atom. The lowest BCUT2D eigenvalue weighted by molar-refractivity contribution is 0.134. The molecule has 0 saturated carbocycles. The highest BCUT2D eigenvalue weighted by molar-refractivity contribution is 5.39. The number of rotatable bonds is 3. The lowest BCUT2D eigenvalue weighted by atomic mass is 10.0. The van der Waals surface area contributed by atoms with E-state index >= 15 is 0 Å². The summed E-state index contributed by atoms with van der Waals surface area (Å²) in [6.07, 6.45) is 1.86. The first-order valence-corrected chi connectivity index (χ1v) is 5.60. The highest BCUT2D eigenvalue weighted by atomic mass is 16.5. The van der Waals surface area contributed by atoms with Gasteiger partial charge in [0.25, 0.3) is 0 Å². The number of aromatic nitrogens is 3. The van der Waals surface area contributed by atoms with Crippen molar-refractivity contribution in [2.24, 2.45) is 7.05 Å². The van der Waals surface area contributed by atoms with Crippen LogP contribution in [0.2, 0.25) is 0 Å². The Kier molecular flexibility index (Phi) is 2.53. The second-order valence-electron chi connectivity index (χ2n) is 4.18. The van der Waals surface area contributed by atoms with Crippen molar-refractivity contribution in [3.63, 3.8) is 0 Å². The summed E-state index contributed by atoms with van der Waals surface area (Å²) in [5.74, 6) is 0.795. The summed E-state index contributed by atoms with van der Waals surface area (Å²) in [4.78, 5) is 0. The molecule has 0 bridgehead atoms. The zero-order valence-corrected chi connectivity index (χ0v) is 9.68. The molecule has 1 aliphatic heterocycles. The van der Waals surface area contributed by atoms with E-state index in [-0.39, 0.29) is 0 Å². The molecular formula is C12H14N4O. The van der Waals surface area contributed by atoms with Crippen molar-refractivity contribution in [3.05, 3.63) is 41.1 Å². The maximum atomic E-state index is 5.45. The van der Waals surface area contributed by atoms with E-state index < -0.39 is 0 Å². The predicted molar refractivity (Wildman–Crippen MR) is 63.3 cm³/mol. The van der Waals surface area contributed by atoms with Gasteiger partial charge in [0.2, 0.25) is 0 Å². The molecule has 3 rings (SSSR count). The standard InChI is InChI=1S/C12H14N4O/c1-16-6-12(14-15-16)13-5-9-3-2-4-10-7-17-8-11(9)10/h2-4,6,13H,5,7-8H2,1H3. The third-order valence-electron chi connectivity index (χ3n) is 2.94. The summed E-state index contributed by atoms with van der Waals surface area (Å²) in [6, 6.07) is 6.31. The topological polar surface area (TPSA) is 52.0 Å². The molecule has 5 heteroatoms. The van der Waals surface area contributed by atoms with E-state index in [2.05, 4.69) is 33.8 Å². The van der Waals surface area contributed by atoms with Gasteiger partial charge in [-0.25, -0.2) is 0 Å². The molecule has 1 N–H and O–H groups in total. The van der Waals surface area contributed by atoms with E-state index in [4.69, 9.17) is 4.74 Å². The Balaban J connectivity index is 1.75. The molecule has 0 fully saturated rings. The lowest BCUT2D eigenvalue weighted by Crippen LogP contribution is -2.03. The van der Waals surface area contributed by atoms with Gasteiger partial charge in [0, 0.05) is 13.6 Å². The first kappa shape index (κ1) is 10.3. The van der Waals surface area contributed by atoms with Crippen LogP contribution in [0.25, 0.3) is 0 Å². The molecule has 2 heterocycles. The van der Waals surface area contributed by atoms with Gasteiger partial charge in [-0.3, -0.25) is 4.68 Å². The minimum absolute atomic E-state index is 0.716. The van der Waals surface area contributed by atoms with Crippen molar-refractivity contribution < 1.29 is 4.74 Å². The van der Waals surface area contributed by atoms with Crippen LogP contribution in [-0.2, 0) is 31.5 Å². The fraction of sp³-hybridized carbons (Fsp3) is 0.333. The van der Waals surface area contributed by atoms with E-state index in [0.29, 0.717) is 6.61 Å². The third-order valence-corrected chi connectivity index (χ3v) is 2.94. The summed E-state index contributed by atoms with van der Waals surface area (Å²) >= 11 is 0. The molecule has 0 spiro atoms. The number of nitrogens with one attached hydrogen (secondary N) is 1. The average Bonchev–Trinajstić information content (AvgIpc) is 2.94. The minimum Gasteiger partial charge on any atom is -0.372 e. The Morgan fingerprint density at radius 1 is 1.41 bits per heavy atom. The van der Waals surface area contributed by atoms with Gasteiger partial charge < -0.3 is 10.1 Å². The average molecular weight is 230 g/mol. The number of nitrogens with zero attached hydrogens (tertiary/aromatic N) is 3. The molecule has 0 radical (unpaired) electrons. The number of aryl methyl sites for hydroxylation is 1. The van der Waals surface area contributed by atoms with Crippen LogP contribution in [0.15, 0.2) is 24.4 Å². The molecule has 0 aliphatic carbocycles. The van der Waals surface area contributed by atoms with Crippen LogP contribution in [0.5, 0.6) is 0 Å². The van der Waals surface area contributed by atoms with Gasteiger partial charge in [-0.1, -0.05) is 23.4 Å². The molecule has 1 aromatic heterocycles. The highest BCUT2D eigenvalue weighted by Crippen LogP contribution is 2.23. The van der Waals surface area contributed by atoms with Crippen LogP contribution in [0.3, 0.4) is 0 Å². The van der Waals surface area contributed by atoms with Crippen molar-refractivity contribution >= 4 is 5.82 Å². The van der Waals surface area contributed by atoms with Crippen molar-refractivity contribution in [2.75, 3.05) is 5.32 Å². The molecule has 17 heavy (non-hydrogen) atoms. The first-order valence-electron chi connectivity index (χ1n) is 5.60. The van der Waals surface area contributed by atoms with Crippen molar-refractivity contribution in [1.29, 1.82) is 0 Å². The number of hydrogen-bond acceptors (Lipinski definition) is 4. The molecule has 5 nitrogen and oxygen atoms in total. The fourth-order valence-electron chi connectivity index (χ4n) is 2.05. The normalized spacial score (nSPS) is 13.7. The zero-order chi connectivity index (χ0) is 11.7. The van der Waals surface area contributed by atoms with Gasteiger partial charge in [-0.2, -0.15) is 0 Å². The molecular weight excluding hydrogens is 216 g/mol. The summed E-state index contributed by atoms with van der Waals surface area (Å²) in [5, 5.41) is 11.1. The summed E-state index contributed by atoms with van der Waals surface area (Å²) in [7, 11) is 1.85. The molecule has 0 saturated heterocycles. The molecule has 0 amide bonds. The Morgan fingerprint density at radius 2 is 2.35 bits per heavy atom. The Labute approximate surface area is 99.4 Å². The summed E-state index contributed by atoms with van der Waals surface area (Å²) < 4.78 is 7.13. The molecule has 88 valence electrons.